The van der Waals surface area contributed by atoms with Gasteiger partial charge in [-0.15, -0.1) is 0 Å². The highest BCUT2D eigenvalue weighted by Gasteiger charge is 2.38. The number of hydrogen-bond acceptors (Lipinski definition) is 8. The van der Waals surface area contributed by atoms with E-state index in [1.165, 1.54) is 0 Å². The van der Waals surface area contributed by atoms with Crippen molar-refractivity contribution in [1.82, 2.24) is 9.97 Å². The predicted molar refractivity (Wildman–Crippen MR) is 106 cm³/mol. The smallest absolute Gasteiger partial charge is 0.338 e. The minimum Gasteiger partial charge on any atom is -0.463 e. The summed E-state index contributed by atoms with van der Waals surface area (Å²) in [5, 5.41) is 0.204. The van der Waals surface area contributed by atoms with Crippen LogP contribution in [0.5, 0.6) is 17.4 Å². The van der Waals surface area contributed by atoms with Crippen LogP contribution in [0.25, 0.3) is 0 Å². The van der Waals surface area contributed by atoms with Gasteiger partial charge in [-0.2, -0.15) is 4.98 Å². The van der Waals surface area contributed by atoms with Gasteiger partial charge in [-0.3, -0.25) is 0 Å². The van der Waals surface area contributed by atoms with E-state index in [4.69, 9.17) is 30.5 Å². The SMILES string of the molecule is CCOC(=O)C1=C(C)Oc2nc(N(C)C)nc(Cl)c2[C@H]1c1ccc2c(c1)OCO2. The zero-order valence-corrected chi connectivity index (χ0v) is 17.2. The Bertz CT molecular complexity index is 1020. The normalized spacial score (nSPS) is 16.9. The summed E-state index contributed by atoms with van der Waals surface area (Å²) in [6, 6.07) is 5.48. The number of hydrogen-bond donors (Lipinski definition) is 0. The van der Waals surface area contributed by atoms with Crippen LogP contribution in [0.4, 0.5) is 5.95 Å². The van der Waals surface area contributed by atoms with Crippen LogP contribution < -0.4 is 19.1 Å². The highest BCUT2D eigenvalue weighted by molar-refractivity contribution is 6.30. The summed E-state index contributed by atoms with van der Waals surface area (Å²) in [5.74, 6) is 1.30. The Morgan fingerprint density at radius 1 is 1.28 bits per heavy atom. The number of halogens is 1. The standard InChI is InChI=1S/C20H20ClN3O5/c1-5-26-19(25)14-10(2)29-18-16(17(21)22-20(23-18)24(3)4)15(14)11-6-7-12-13(8-11)28-9-27-12/h6-8,15H,5,9H2,1-4H3/t15-/m0/s1. The third-order valence-electron chi connectivity index (χ3n) is 4.68. The first kappa shape index (κ1) is 19.3. The van der Waals surface area contributed by atoms with Crippen LogP contribution in [0, 0.1) is 0 Å². The molecule has 0 amide bonds. The number of benzene rings is 1. The number of carbonyl (C=O) groups is 1. The lowest BCUT2D eigenvalue weighted by Crippen LogP contribution is -2.25. The van der Waals surface area contributed by atoms with E-state index in [1.54, 1.807) is 24.8 Å². The van der Waals surface area contributed by atoms with Gasteiger partial charge in [-0.1, -0.05) is 17.7 Å². The first-order chi connectivity index (χ1) is 13.9. The quantitative estimate of drug-likeness (QED) is 0.553. The second kappa shape index (κ2) is 7.44. The largest absolute Gasteiger partial charge is 0.463 e. The Kier molecular flexibility index (Phi) is 4.96. The number of anilines is 1. The van der Waals surface area contributed by atoms with Crippen LogP contribution in [0.2, 0.25) is 5.15 Å². The van der Waals surface area contributed by atoms with Crippen LogP contribution in [0.3, 0.4) is 0 Å². The van der Waals surface area contributed by atoms with Crippen LogP contribution in [0.15, 0.2) is 29.5 Å². The fraction of sp³-hybridized carbons (Fsp3) is 0.350. The maximum atomic E-state index is 12.8. The predicted octanol–water partition coefficient (Wildman–Crippen LogP) is 3.29. The molecule has 8 nitrogen and oxygen atoms in total. The molecule has 1 aromatic heterocycles. The average molecular weight is 418 g/mol. The molecule has 0 radical (unpaired) electrons. The first-order valence-electron chi connectivity index (χ1n) is 9.10. The van der Waals surface area contributed by atoms with Gasteiger partial charge in [0.15, 0.2) is 11.5 Å². The van der Waals surface area contributed by atoms with E-state index in [1.807, 2.05) is 26.2 Å². The van der Waals surface area contributed by atoms with Crippen molar-refractivity contribution in [3.63, 3.8) is 0 Å². The summed E-state index contributed by atoms with van der Waals surface area (Å²) < 4.78 is 22.1. The molecule has 0 bridgehead atoms. The number of fused-ring (bicyclic) bond motifs is 2. The Labute approximate surface area is 173 Å². The van der Waals surface area contributed by atoms with Crippen LogP contribution in [-0.2, 0) is 9.53 Å². The summed E-state index contributed by atoms with van der Waals surface area (Å²) >= 11 is 6.56. The Morgan fingerprint density at radius 3 is 2.76 bits per heavy atom. The molecule has 1 atom stereocenters. The number of carbonyl (C=O) groups excluding carboxylic acids is 1. The zero-order valence-electron chi connectivity index (χ0n) is 16.5. The number of esters is 1. The lowest BCUT2D eigenvalue weighted by Gasteiger charge is -2.29. The van der Waals surface area contributed by atoms with Gasteiger partial charge in [0.25, 0.3) is 0 Å². The molecule has 0 saturated carbocycles. The molecule has 3 heterocycles. The van der Waals surface area contributed by atoms with Gasteiger partial charge in [-0.25, -0.2) is 9.78 Å². The molecule has 0 aliphatic carbocycles. The molecule has 0 fully saturated rings. The van der Waals surface area contributed by atoms with Crippen molar-refractivity contribution in [3.05, 3.63) is 45.8 Å². The third-order valence-corrected chi connectivity index (χ3v) is 4.97. The van der Waals surface area contributed by atoms with Gasteiger partial charge in [0.05, 0.1) is 23.7 Å². The molecule has 9 heteroatoms. The maximum Gasteiger partial charge on any atom is 0.338 e. The highest BCUT2D eigenvalue weighted by Crippen LogP contribution is 2.47. The van der Waals surface area contributed by atoms with Crippen molar-refractivity contribution in [3.8, 4) is 17.4 Å². The summed E-state index contributed by atoms with van der Waals surface area (Å²) in [4.78, 5) is 23.4. The van der Waals surface area contributed by atoms with Gasteiger partial charge >= 0.3 is 5.97 Å². The monoisotopic (exact) mass is 417 g/mol. The molecule has 2 aliphatic rings. The van der Waals surface area contributed by atoms with Crippen molar-refractivity contribution in [2.45, 2.75) is 19.8 Å². The maximum absolute atomic E-state index is 12.8. The Morgan fingerprint density at radius 2 is 2.03 bits per heavy atom. The fourth-order valence-corrected chi connectivity index (χ4v) is 3.64. The first-order valence-corrected chi connectivity index (χ1v) is 9.48. The molecule has 0 unspecified atom stereocenters. The van der Waals surface area contributed by atoms with Crippen molar-refractivity contribution < 1.29 is 23.7 Å². The van der Waals surface area contributed by atoms with E-state index in [0.29, 0.717) is 40.2 Å². The van der Waals surface area contributed by atoms with E-state index >= 15 is 0 Å². The molecule has 0 saturated heterocycles. The van der Waals surface area contributed by atoms with E-state index in [2.05, 4.69) is 9.97 Å². The van der Waals surface area contributed by atoms with E-state index < -0.39 is 11.9 Å². The average Bonchev–Trinajstić information content (AvgIpc) is 3.14. The second-order valence-corrected chi connectivity index (χ2v) is 7.12. The molecular weight excluding hydrogens is 398 g/mol. The Hall–Kier alpha value is -3.00. The number of rotatable bonds is 4. The molecule has 0 spiro atoms. The van der Waals surface area contributed by atoms with Crippen LogP contribution >= 0.6 is 11.6 Å². The molecule has 2 aliphatic heterocycles. The van der Waals surface area contributed by atoms with E-state index in [9.17, 15) is 4.79 Å². The molecule has 0 N–H and O–H groups in total. The number of aromatic nitrogens is 2. The van der Waals surface area contributed by atoms with Crippen molar-refractivity contribution in [2.75, 3.05) is 32.4 Å². The van der Waals surface area contributed by atoms with E-state index in [0.717, 1.165) is 5.56 Å². The van der Waals surface area contributed by atoms with Crippen LogP contribution in [-0.4, -0.2) is 43.4 Å². The van der Waals surface area contributed by atoms with Crippen LogP contribution in [0.1, 0.15) is 30.9 Å². The molecular formula is C20H20ClN3O5. The van der Waals surface area contributed by atoms with E-state index in [-0.39, 0.29) is 18.6 Å². The molecule has 2 aromatic rings. The molecule has 1 aromatic carbocycles. The summed E-state index contributed by atoms with van der Waals surface area (Å²) in [5.41, 5.74) is 1.62. The molecule has 4 rings (SSSR count). The minimum absolute atomic E-state index is 0.152. The number of allylic oxidation sites excluding steroid dienone is 1. The third kappa shape index (κ3) is 3.33. The van der Waals surface area contributed by atoms with Crippen molar-refractivity contribution in [2.24, 2.45) is 0 Å². The minimum atomic E-state index is -0.573. The lowest BCUT2D eigenvalue weighted by molar-refractivity contribution is -0.139. The number of ether oxygens (including phenoxy) is 4. The molecule has 29 heavy (non-hydrogen) atoms. The van der Waals surface area contributed by atoms with Gasteiger partial charge in [0.1, 0.15) is 10.9 Å². The Balaban J connectivity index is 1.92. The zero-order chi connectivity index (χ0) is 20.7. The lowest BCUT2D eigenvalue weighted by atomic mass is 9.83. The van der Waals surface area contributed by atoms with Crippen molar-refractivity contribution >= 4 is 23.5 Å². The van der Waals surface area contributed by atoms with Gasteiger partial charge < -0.3 is 23.8 Å². The summed E-state index contributed by atoms with van der Waals surface area (Å²) in [7, 11) is 3.62. The highest BCUT2D eigenvalue weighted by atomic mass is 35.5. The molecule has 152 valence electrons. The summed E-state index contributed by atoms with van der Waals surface area (Å²) in [6.45, 7) is 3.85. The fourth-order valence-electron chi connectivity index (χ4n) is 3.38. The topological polar surface area (TPSA) is 83.0 Å². The number of nitrogens with zero attached hydrogens (tertiary/aromatic N) is 3. The van der Waals surface area contributed by atoms with Gasteiger partial charge in [0.2, 0.25) is 18.6 Å². The second-order valence-electron chi connectivity index (χ2n) is 6.77. The summed E-state index contributed by atoms with van der Waals surface area (Å²) in [6.07, 6.45) is 0. The van der Waals surface area contributed by atoms with Gasteiger partial charge in [-0.05, 0) is 31.5 Å². The van der Waals surface area contributed by atoms with Gasteiger partial charge in [0, 0.05) is 14.1 Å². The van der Waals surface area contributed by atoms with Crippen molar-refractivity contribution in [1.29, 1.82) is 0 Å².